The number of rotatable bonds is 9. The van der Waals surface area contributed by atoms with Crippen molar-refractivity contribution >= 4 is 59.0 Å². The number of para-hydroxylation sites is 1. The molecule has 41 heavy (non-hydrogen) atoms. The summed E-state index contributed by atoms with van der Waals surface area (Å²) < 4.78 is 10.7. The summed E-state index contributed by atoms with van der Waals surface area (Å²) in [5.74, 6) is -0.928. The predicted octanol–water partition coefficient (Wildman–Crippen LogP) is 6.64. The number of anilines is 1. The number of ether oxygens (including phenoxy) is 2. The number of hydrazone groups is 1. The molecule has 0 saturated heterocycles. The Labute approximate surface area is 246 Å². The van der Waals surface area contributed by atoms with E-state index in [9.17, 15) is 14.4 Å². The summed E-state index contributed by atoms with van der Waals surface area (Å²) in [7, 11) is 1.45. The van der Waals surface area contributed by atoms with Crippen LogP contribution in [0, 0.1) is 0 Å². The molecule has 4 aromatic rings. The monoisotopic (exact) mass is 587 g/mol. The van der Waals surface area contributed by atoms with Crippen molar-refractivity contribution in [3.63, 3.8) is 0 Å². The van der Waals surface area contributed by atoms with Gasteiger partial charge in [0.2, 0.25) is 0 Å². The number of halogens is 2. The SMILES string of the molecule is COc1ccc(Cl)cc1C(=O)Nc1cccc(C(=O)NN=Cc2ccccc2OC(=O)/C=C/c2ccc(Cl)cc2)c1. The van der Waals surface area contributed by atoms with Crippen LogP contribution >= 0.6 is 23.2 Å². The lowest BCUT2D eigenvalue weighted by molar-refractivity contribution is -0.128. The van der Waals surface area contributed by atoms with E-state index in [2.05, 4.69) is 15.8 Å². The average molecular weight is 588 g/mol. The number of hydrogen-bond acceptors (Lipinski definition) is 6. The molecular formula is C31H23Cl2N3O5. The van der Waals surface area contributed by atoms with Gasteiger partial charge >= 0.3 is 5.97 Å². The molecule has 0 saturated carbocycles. The first-order chi connectivity index (χ1) is 19.8. The zero-order valence-electron chi connectivity index (χ0n) is 21.6. The van der Waals surface area contributed by atoms with Gasteiger partial charge in [-0.15, -0.1) is 0 Å². The zero-order chi connectivity index (χ0) is 29.2. The maximum atomic E-state index is 12.8. The molecule has 0 radical (unpaired) electrons. The molecule has 4 aromatic carbocycles. The Balaban J connectivity index is 1.38. The van der Waals surface area contributed by atoms with Crippen LogP contribution in [0.2, 0.25) is 10.0 Å². The maximum absolute atomic E-state index is 12.8. The molecule has 0 heterocycles. The van der Waals surface area contributed by atoms with Crippen LogP contribution in [0.3, 0.4) is 0 Å². The molecule has 4 rings (SSSR count). The predicted molar refractivity (Wildman–Crippen MR) is 160 cm³/mol. The van der Waals surface area contributed by atoms with Crippen LogP contribution in [0.1, 0.15) is 31.8 Å². The summed E-state index contributed by atoms with van der Waals surface area (Å²) in [6.07, 6.45) is 4.27. The minimum absolute atomic E-state index is 0.249. The van der Waals surface area contributed by atoms with Crippen LogP contribution < -0.4 is 20.2 Å². The average Bonchev–Trinajstić information content (AvgIpc) is 2.97. The summed E-state index contributed by atoms with van der Waals surface area (Å²) >= 11 is 11.9. The first-order valence-electron chi connectivity index (χ1n) is 12.2. The molecule has 0 spiro atoms. The molecule has 0 bridgehead atoms. The third-order valence-corrected chi connectivity index (χ3v) is 6.06. The zero-order valence-corrected chi connectivity index (χ0v) is 23.1. The summed E-state index contributed by atoms with van der Waals surface area (Å²) in [5.41, 5.74) is 4.58. The molecule has 8 nitrogen and oxygen atoms in total. The molecular weight excluding hydrogens is 565 g/mol. The van der Waals surface area contributed by atoms with Crippen LogP contribution in [-0.4, -0.2) is 31.1 Å². The van der Waals surface area contributed by atoms with E-state index in [1.165, 1.54) is 31.5 Å². The lowest BCUT2D eigenvalue weighted by Crippen LogP contribution is -2.18. The van der Waals surface area contributed by atoms with E-state index in [1.807, 2.05) is 0 Å². The van der Waals surface area contributed by atoms with Gasteiger partial charge in [-0.2, -0.15) is 5.10 Å². The largest absolute Gasteiger partial charge is 0.496 e. The number of esters is 1. The van der Waals surface area contributed by atoms with Gasteiger partial charge in [0, 0.05) is 32.9 Å². The number of amides is 2. The van der Waals surface area contributed by atoms with Gasteiger partial charge in [0.1, 0.15) is 11.5 Å². The number of hydrogen-bond donors (Lipinski definition) is 2. The third kappa shape index (κ3) is 8.28. The summed E-state index contributed by atoms with van der Waals surface area (Å²) in [6, 6.07) is 24.8. The highest BCUT2D eigenvalue weighted by molar-refractivity contribution is 6.31. The van der Waals surface area contributed by atoms with Gasteiger partial charge in [-0.3, -0.25) is 9.59 Å². The minimum atomic E-state index is -0.584. The first-order valence-corrected chi connectivity index (χ1v) is 12.9. The van der Waals surface area contributed by atoms with E-state index < -0.39 is 17.8 Å². The van der Waals surface area contributed by atoms with Crippen LogP contribution in [0.5, 0.6) is 11.5 Å². The van der Waals surface area contributed by atoms with Crippen molar-refractivity contribution in [2.45, 2.75) is 0 Å². The topological polar surface area (TPSA) is 106 Å². The van der Waals surface area contributed by atoms with Crippen LogP contribution in [0.25, 0.3) is 6.08 Å². The molecule has 0 atom stereocenters. The van der Waals surface area contributed by atoms with Crippen LogP contribution in [0.4, 0.5) is 5.69 Å². The molecule has 2 amide bonds. The Morgan fingerprint density at radius 3 is 2.34 bits per heavy atom. The smallest absolute Gasteiger partial charge is 0.336 e. The van der Waals surface area contributed by atoms with Crippen molar-refractivity contribution in [1.29, 1.82) is 0 Å². The number of carbonyl (C=O) groups is 3. The Bertz CT molecular complexity index is 1640. The van der Waals surface area contributed by atoms with Gasteiger partial charge < -0.3 is 14.8 Å². The fraction of sp³-hybridized carbons (Fsp3) is 0.0323. The Kier molecular flexibility index (Phi) is 9.88. The van der Waals surface area contributed by atoms with Gasteiger partial charge in [0.05, 0.1) is 18.9 Å². The summed E-state index contributed by atoms with van der Waals surface area (Å²) in [6.45, 7) is 0. The second-order valence-corrected chi connectivity index (χ2v) is 9.30. The molecule has 0 aromatic heterocycles. The third-order valence-electron chi connectivity index (χ3n) is 5.57. The van der Waals surface area contributed by atoms with E-state index in [0.717, 1.165) is 5.56 Å². The molecule has 0 aliphatic carbocycles. The fourth-order valence-electron chi connectivity index (χ4n) is 3.58. The van der Waals surface area contributed by atoms with Crippen molar-refractivity contribution in [3.8, 4) is 11.5 Å². The highest BCUT2D eigenvalue weighted by atomic mass is 35.5. The normalized spacial score (nSPS) is 10.9. The van der Waals surface area contributed by atoms with Gasteiger partial charge in [-0.05, 0) is 72.3 Å². The van der Waals surface area contributed by atoms with E-state index in [0.29, 0.717) is 27.0 Å². The Morgan fingerprint density at radius 1 is 0.805 bits per heavy atom. The summed E-state index contributed by atoms with van der Waals surface area (Å²) in [4.78, 5) is 37.8. The van der Waals surface area contributed by atoms with E-state index in [1.54, 1.807) is 84.9 Å². The van der Waals surface area contributed by atoms with Crippen molar-refractivity contribution in [3.05, 3.63) is 129 Å². The highest BCUT2D eigenvalue weighted by Crippen LogP contribution is 2.24. The van der Waals surface area contributed by atoms with E-state index in [4.69, 9.17) is 32.7 Å². The van der Waals surface area contributed by atoms with Crippen molar-refractivity contribution < 1.29 is 23.9 Å². The number of benzene rings is 4. The standard InChI is InChI=1S/C31H23Cl2N3O5/c1-40-28-15-14-24(33)18-26(28)31(39)35-25-7-4-6-21(17-25)30(38)36-34-19-22-5-2-3-8-27(22)41-29(37)16-11-20-9-12-23(32)13-10-20/h2-19H,1H3,(H,35,39)(H,36,38)/b16-11+,34-19?. The maximum Gasteiger partial charge on any atom is 0.336 e. The number of nitrogens with one attached hydrogen (secondary N) is 2. The van der Waals surface area contributed by atoms with Gasteiger partial charge in [-0.1, -0.05) is 53.5 Å². The second kappa shape index (κ2) is 13.9. The van der Waals surface area contributed by atoms with Gasteiger partial charge in [-0.25, -0.2) is 10.2 Å². The first kappa shape index (κ1) is 29.1. The molecule has 2 N–H and O–H groups in total. The molecule has 10 heteroatoms. The van der Waals surface area contributed by atoms with Crippen molar-refractivity contribution in [2.75, 3.05) is 12.4 Å². The lowest BCUT2D eigenvalue weighted by Gasteiger charge is -2.10. The number of nitrogens with zero attached hydrogens (tertiary/aromatic N) is 1. The van der Waals surface area contributed by atoms with E-state index >= 15 is 0 Å². The van der Waals surface area contributed by atoms with Gasteiger partial charge in [0.15, 0.2) is 0 Å². The molecule has 0 aliphatic heterocycles. The Morgan fingerprint density at radius 2 is 1.56 bits per heavy atom. The van der Waals surface area contributed by atoms with Crippen molar-refractivity contribution in [2.24, 2.45) is 5.10 Å². The molecule has 206 valence electrons. The second-order valence-electron chi connectivity index (χ2n) is 8.42. The summed E-state index contributed by atoms with van der Waals surface area (Å²) in [5, 5.41) is 7.70. The molecule has 0 unspecified atom stereocenters. The number of methoxy groups -OCH3 is 1. The van der Waals surface area contributed by atoms with E-state index in [-0.39, 0.29) is 16.9 Å². The number of carbonyl (C=O) groups excluding carboxylic acids is 3. The van der Waals surface area contributed by atoms with Crippen LogP contribution in [0.15, 0.2) is 102 Å². The van der Waals surface area contributed by atoms with Crippen LogP contribution in [-0.2, 0) is 4.79 Å². The molecule has 0 aliphatic rings. The van der Waals surface area contributed by atoms with Crippen molar-refractivity contribution in [1.82, 2.24) is 5.43 Å². The fourth-order valence-corrected chi connectivity index (χ4v) is 3.88. The quantitative estimate of drug-likeness (QED) is 0.0750. The minimum Gasteiger partial charge on any atom is -0.496 e. The molecule has 0 fully saturated rings. The highest BCUT2D eigenvalue weighted by Gasteiger charge is 2.14. The lowest BCUT2D eigenvalue weighted by atomic mass is 10.1. The van der Waals surface area contributed by atoms with Gasteiger partial charge in [0.25, 0.3) is 11.8 Å². The Hall–Kier alpha value is -4.92.